The Kier molecular flexibility index (Phi) is 8.92. The summed E-state index contributed by atoms with van der Waals surface area (Å²) < 4.78 is 12.7. The fourth-order valence-electron chi connectivity index (χ4n) is 3.59. The average molecular weight is 446 g/mol. The summed E-state index contributed by atoms with van der Waals surface area (Å²) in [5.74, 6) is 1.51. The van der Waals surface area contributed by atoms with Gasteiger partial charge in [-0.3, -0.25) is 4.79 Å². The molecule has 0 radical (unpaired) electrons. The molecule has 0 spiro atoms. The molecule has 0 aromatic heterocycles. The molecule has 1 saturated heterocycles. The van der Waals surface area contributed by atoms with Gasteiger partial charge >= 0.3 is 0 Å². The van der Waals surface area contributed by atoms with Gasteiger partial charge in [0.1, 0.15) is 0 Å². The number of aliphatic hydroxyl groups is 2. The number of amides is 1. The zero-order chi connectivity index (χ0) is 22.2. The second-order valence-electron chi connectivity index (χ2n) is 7.77. The number of thioether (sulfide) groups is 1. The molecule has 4 unspecified atom stereocenters. The van der Waals surface area contributed by atoms with Crippen LogP contribution in [0.5, 0.6) is 0 Å². The lowest BCUT2D eigenvalue weighted by Crippen LogP contribution is -2.38. The summed E-state index contributed by atoms with van der Waals surface area (Å²) in [6.45, 7) is 4.27. The first-order valence-corrected chi connectivity index (χ1v) is 11.7. The Hall–Kier alpha value is -1.90. The minimum Gasteiger partial charge on any atom is -0.396 e. The molecule has 3 rings (SSSR count). The number of ether oxygens (including phenoxy) is 2. The van der Waals surface area contributed by atoms with Gasteiger partial charge in [0, 0.05) is 36.5 Å². The Morgan fingerprint density at radius 1 is 1.00 bits per heavy atom. The van der Waals surface area contributed by atoms with Crippen LogP contribution in [0.4, 0.5) is 0 Å². The van der Waals surface area contributed by atoms with E-state index < -0.39 is 6.29 Å². The van der Waals surface area contributed by atoms with Crippen LogP contribution in [0.25, 0.3) is 0 Å². The summed E-state index contributed by atoms with van der Waals surface area (Å²) in [6.07, 6.45) is -0.685. The van der Waals surface area contributed by atoms with Gasteiger partial charge in [-0.1, -0.05) is 55.5 Å². The van der Waals surface area contributed by atoms with E-state index in [4.69, 9.17) is 14.6 Å². The Morgan fingerprint density at radius 3 is 2.26 bits per heavy atom. The lowest BCUT2D eigenvalue weighted by atomic mass is 9.91. The van der Waals surface area contributed by atoms with Gasteiger partial charge in [0.05, 0.1) is 25.4 Å². The van der Waals surface area contributed by atoms with Gasteiger partial charge in [0.25, 0.3) is 0 Å². The molecule has 2 aromatic rings. The third-order valence-corrected chi connectivity index (χ3v) is 6.47. The van der Waals surface area contributed by atoms with Crippen LogP contribution < -0.4 is 5.32 Å². The predicted molar refractivity (Wildman–Crippen MR) is 121 cm³/mol. The molecule has 1 amide bonds. The van der Waals surface area contributed by atoms with Crippen LogP contribution in [0.1, 0.15) is 48.5 Å². The largest absolute Gasteiger partial charge is 0.396 e. The first kappa shape index (κ1) is 23.8. The first-order valence-electron chi connectivity index (χ1n) is 10.5. The fraction of sp³-hybridized carbons (Fsp3) is 0.458. The highest BCUT2D eigenvalue weighted by atomic mass is 32.2. The molecule has 7 heteroatoms. The van der Waals surface area contributed by atoms with Gasteiger partial charge in [-0.15, -0.1) is 0 Å². The molecule has 168 valence electrons. The van der Waals surface area contributed by atoms with Crippen molar-refractivity contribution in [3.63, 3.8) is 0 Å². The van der Waals surface area contributed by atoms with Gasteiger partial charge in [-0.2, -0.15) is 11.8 Å². The molecule has 3 N–H and O–H groups in total. The van der Waals surface area contributed by atoms with Crippen molar-refractivity contribution in [3.8, 4) is 0 Å². The third-order valence-electron chi connectivity index (χ3n) is 5.43. The van der Waals surface area contributed by atoms with Crippen molar-refractivity contribution in [1.82, 2.24) is 5.32 Å². The molecule has 0 saturated carbocycles. The summed E-state index contributed by atoms with van der Waals surface area (Å²) >= 11 is 1.67. The van der Waals surface area contributed by atoms with Crippen LogP contribution in [-0.4, -0.2) is 40.3 Å². The standard InChI is InChI=1S/C24H31NO5S/c1-16-22(15-31-12-11-26)29-24(21-9-3-18(4-10-21)13-25-17(2)28)30-23(16)20-7-5-19(14-27)6-8-20/h3-10,16,22-24,26-27H,11-15H2,1-2H3,(H,25,28). The SMILES string of the molecule is CC(=O)NCc1ccc(C2OC(CSCCO)C(C)C(c3ccc(CO)cc3)O2)cc1. The quantitative estimate of drug-likeness (QED) is 0.513. The van der Waals surface area contributed by atoms with Crippen molar-refractivity contribution in [2.24, 2.45) is 5.92 Å². The number of hydrogen-bond acceptors (Lipinski definition) is 6. The summed E-state index contributed by atoms with van der Waals surface area (Å²) in [6, 6.07) is 15.7. The zero-order valence-electron chi connectivity index (χ0n) is 18.0. The van der Waals surface area contributed by atoms with Gasteiger partial charge in [0.2, 0.25) is 5.91 Å². The second kappa shape index (κ2) is 11.6. The molecule has 2 aromatic carbocycles. The lowest BCUT2D eigenvalue weighted by molar-refractivity contribution is -0.268. The Labute approximate surface area is 188 Å². The normalized spacial score (nSPS) is 23.5. The molecular weight excluding hydrogens is 414 g/mol. The summed E-state index contributed by atoms with van der Waals surface area (Å²) in [7, 11) is 0. The monoisotopic (exact) mass is 445 g/mol. The highest BCUT2D eigenvalue weighted by Gasteiger charge is 2.38. The molecule has 0 bridgehead atoms. The van der Waals surface area contributed by atoms with Gasteiger partial charge in [-0.25, -0.2) is 0 Å². The average Bonchev–Trinajstić information content (AvgIpc) is 2.79. The number of carbonyl (C=O) groups is 1. The van der Waals surface area contributed by atoms with E-state index in [9.17, 15) is 9.90 Å². The van der Waals surface area contributed by atoms with Gasteiger partial charge < -0.3 is 25.0 Å². The highest BCUT2D eigenvalue weighted by molar-refractivity contribution is 7.99. The molecule has 6 nitrogen and oxygen atoms in total. The van der Waals surface area contributed by atoms with Crippen molar-refractivity contribution in [2.75, 3.05) is 18.1 Å². The van der Waals surface area contributed by atoms with Crippen molar-refractivity contribution in [1.29, 1.82) is 0 Å². The summed E-state index contributed by atoms with van der Waals surface area (Å²) in [4.78, 5) is 11.1. The number of nitrogens with one attached hydrogen (secondary N) is 1. The molecule has 0 aliphatic carbocycles. The number of benzene rings is 2. The van der Waals surface area contributed by atoms with Crippen LogP contribution >= 0.6 is 11.8 Å². The van der Waals surface area contributed by atoms with Crippen LogP contribution in [-0.2, 0) is 27.4 Å². The van der Waals surface area contributed by atoms with E-state index in [2.05, 4.69) is 12.2 Å². The molecule has 4 atom stereocenters. The second-order valence-corrected chi connectivity index (χ2v) is 8.92. The summed E-state index contributed by atoms with van der Waals surface area (Å²) in [5.41, 5.74) is 3.85. The maximum absolute atomic E-state index is 11.1. The third kappa shape index (κ3) is 6.54. The smallest absolute Gasteiger partial charge is 0.217 e. The Balaban J connectivity index is 1.79. The fourth-order valence-corrected chi connectivity index (χ4v) is 4.50. The van der Waals surface area contributed by atoms with Crippen LogP contribution in [0, 0.1) is 5.92 Å². The molecule has 1 aliphatic rings. The van der Waals surface area contributed by atoms with Crippen LogP contribution in [0.2, 0.25) is 0 Å². The number of aliphatic hydroxyl groups excluding tert-OH is 2. The minimum atomic E-state index is -0.506. The van der Waals surface area contributed by atoms with Gasteiger partial charge in [-0.05, 0) is 16.7 Å². The molecular formula is C24H31NO5S. The van der Waals surface area contributed by atoms with Crippen molar-refractivity contribution in [3.05, 3.63) is 70.8 Å². The van der Waals surface area contributed by atoms with Gasteiger partial charge in [0.15, 0.2) is 6.29 Å². The topological polar surface area (TPSA) is 88.0 Å². The lowest BCUT2D eigenvalue weighted by Gasteiger charge is -2.41. The number of rotatable bonds is 9. The van der Waals surface area contributed by atoms with Crippen molar-refractivity contribution in [2.45, 2.75) is 45.5 Å². The van der Waals surface area contributed by atoms with E-state index in [0.29, 0.717) is 12.3 Å². The van der Waals surface area contributed by atoms with Crippen molar-refractivity contribution >= 4 is 17.7 Å². The van der Waals surface area contributed by atoms with E-state index in [1.54, 1.807) is 11.8 Å². The highest BCUT2D eigenvalue weighted by Crippen LogP contribution is 2.42. The maximum atomic E-state index is 11.1. The molecule has 1 heterocycles. The Bertz CT molecular complexity index is 827. The van der Waals surface area contributed by atoms with E-state index in [1.807, 2.05) is 48.5 Å². The molecule has 1 fully saturated rings. The van der Waals surface area contributed by atoms with Crippen LogP contribution in [0.15, 0.2) is 48.5 Å². The summed E-state index contributed by atoms with van der Waals surface area (Å²) in [5, 5.41) is 21.3. The Morgan fingerprint density at radius 2 is 1.65 bits per heavy atom. The van der Waals surface area contributed by atoms with E-state index in [0.717, 1.165) is 28.0 Å². The molecule has 31 heavy (non-hydrogen) atoms. The number of carbonyl (C=O) groups excluding carboxylic acids is 1. The zero-order valence-corrected chi connectivity index (χ0v) is 18.8. The maximum Gasteiger partial charge on any atom is 0.217 e. The minimum absolute atomic E-state index is 0.0123. The van der Waals surface area contributed by atoms with E-state index in [-0.39, 0.29) is 37.2 Å². The van der Waals surface area contributed by atoms with Crippen LogP contribution in [0.3, 0.4) is 0 Å². The number of hydrogen-bond donors (Lipinski definition) is 3. The first-order chi connectivity index (χ1) is 15.0. The van der Waals surface area contributed by atoms with Crippen molar-refractivity contribution < 1.29 is 24.5 Å². The molecule has 1 aliphatic heterocycles. The van der Waals surface area contributed by atoms with E-state index in [1.165, 1.54) is 6.92 Å². The predicted octanol–water partition coefficient (Wildman–Crippen LogP) is 3.33. The van der Waals surface area contributed by atoms with E-state index >= 15 is 0 Å².